The van der Waals surface area contributed by atoms with Gasteiger partial charge in [0.15, 0.2) is 6.10 Å². The molecule has 1 aromatic rings. The molecule has 0 unspecified atom stereocenters. The lowest BCUT2D eigenvalue weighted by Crippen LogP contribution is -2.22. The highest BCUT2D eigenvalue weighted by atomic mass is 35.5. The summed E-state index contributed by atoms with van der Waals surface area (Å²) >= 11 is 5.92. The Bertz CT molecular complexity index is 363. The number of halogens is 1. The van der Waals surface area contributed by atoms with Gasteiger partial charge in [0.05, 0.1) is 0 Å². The molecule has 0 aliphatic rings. The lowest BCUT2D eigenvalue weighted by Gasteiger charge is -2.11. The number of hydrogen-bond acceptors (Lipinski definition) is 2. The monoisotopic (exact) mass is 228 g/mol. The van der Waals surface area contributed by atoms with Crippen LogP contribution in [-0.2, 0) is 11.2 Å². The second-order valence-electron chi connectivity index (χ2n) is 3.21. The van der Waals surface area contributed by atoms with Gasteiger partial charge in [0.25, 0.3) is 0 Å². The summed E-state index contributed by atoms with van der Waals surface area (Å²) in [6.45, 7) is 3.47. The zero-order chi connectivity index (χ0) is 11.4. The molecule has 4 heteroatoms. The molecule has 1 N–H and O–H groups in total. The number of ether oxygens (including phenoxy) is 1. The van der Waals surface area contributed by atoms with Crippen LogP contribution in [0.5, 0.6) is 5.75 Å². The van der Waals surface area contributed by atoms with Crippen LogP contribution >= 0.6 is 11.6 Å². The van der Waals surface area contributed by atoms with Crippen LogP contribution in [0.3, 0.4) is 0 Å². The van der Waals surface area contributed by atoms with E-state index in [-0.39, 0.29) is 0 Å². The van der Waals surface area contributed by atoms with Crippen LogP contribution < -0.4 is 4.74 Å². The number of benzene rings is 1. The van der Waals surface area contributed by atoms with Crippen LogP contribution in [0.4, 0.5) is 0 Å². The molecule has 82 valence electrons. The summed E-state index contributed by atoms with van der Waals surface area (Å²) in [5.41, 5.74) is 0.951. The molecule has 1 aromatic carbocycles. The van der Waals surface area contributed by atoms with Crippen molar-refractivity contribution in [1.82, 2.24) is 0 Å². The molecule has 0 spiro atoms. The Kier molecular flexibility index (Phi) is 3.97. The molecule has 0 amide bonds. The van der Waals surface area contributed by atoms with Gasteiger partial charge in [0, 0.05) is 5.02 Å². The van der Waals surface area contributed by atoms with Gasteiger partial charge in [-0.3, -0.25) is 0 Å². The Morgan fingerprint density at radius 2 is 2.27 bits per heavy atom. The summed E-state index contributed by atoms with van der Waals surface area (Å²) in [7, 11) is 0. The molecule has 0 heterocycles. The third-order valence-electron chi connectivity index (χ3n) is 2.06. The highest BCUT2D eigenvalue weighted by molar-refractivity contribution is 6.31. The highest BCUT2D eigenvalue weighted by Crippen LogP contribution is 2.23. The lowest BCUT2D eigenvalue weighted by atomic mass is 10.1. The van der Waals surface area contributed by atoms with E-state index < -0.39 is 12.1 Å². The Labute approximate surface area is 93.6 Å². The Hall–Kier alpha value is -1.22. The minimum Gasteiger partial charge on any atom is -0.479 e. The first-order chi connectivity index (χ1) is 7.04. The van der Waals surface area contributed by atoms with Crippen molar-refractivity contribution >= 4 is 17.6 Å². The maximum atomic E-state index is 10.6. The molecule has 0 fully saturated rings. The number of rotatable bonds is 4. The van der Waals surface area contributed by atoms with Crippen molar-refractivity contribution in [1.29, 1.82) is 0 Å². The van der Waals surface area contributed by atoms with E-state index in [0.717, 1.165) is 12.0 Å². The van der Waals surface area contributed by atoms with Gasteiger partial charge < -0.3 is 9.84 Å². The second kappa shape index (κ2) is 5.03. The van der Waals surface area contributed by atoms with Crippen LogP contribution in [0.15, 0.2) is 18.2 Å². The fourth-order valence-corrected chi connectivity index (χ4v) is 1.40. The largest absolute Gasteiger partial charge is 0.479 e. The number of aryl methyl sites for hydroxylation is 1. The van der Waals surface area contributed by atoms with Gasteiger partial charge in [-0.2, -0.15) is 0 Å². The van der Waals surface area contributed by atoms with Crippen molar-refractivity contribution in [2.24, 2.45) is 0 Å². The highest BCUT2D eigenvalue weighted by Gasteiger charge is 2.12. The fraction of sp³-hybridized carbons (Fsp3) is 0.364. The molecular formula is C11H13ClO3. The topological polar surface area (TPSA) is 46.5 Å². The number of aliphatic carboxylic acids is 1. The van der Waals surface area contributed by atoms with Crippen LogP contribution in [0, 0.1) is 0 Å². The van der Waals surface area contributed by atoms with Crippen molar-refractivity contribution < 1.29 is 14.6 Å². The van der Waals surface area contributed by atoms with E-state index in [9.17, 15) is 4.79 Å². The Balaban J connectivity index is 2.83. The molecule has 1 atom stereocenters. The second-order valence-corrected chi connectivity index (χ2v) is 3.61. The molecule has 15 heavy (non-hydrogen) atoms. The average Bonchev–Trinajstić information content (AvgIpc) is 2.20. The van der Waals surface area contributed by atoms with Gasteiger partial charge in [-0.25, -0.2) is 4.79 Å². The standard InChI is InChI=1S/C11H13ClO3/c1-3-8-6-9(4-5-10(8)12)15-7(2)11(13)14/h4-7H,3H2,1-2H3,(H,13,14)/t7-/m0/s1. The normalized spacial score (nSPS) is 12.2. The molecule has 0 radical (unpaired) electrons. The Morgan fingerprint density at radius 3 is 2.80 bits per heavy atom. The molecule has 0 aromatic heterocycles. The van der Waals surface area contributed by atoms with Gasteiger partial charge in [-0.1, -0.05) is 18.5 Å². The summed E-state index contributed by atoms with van der Waals surface area (Å²) in [4.78, 5) is 10.6. The van der Waals surface area contributed by atoms with E-state index >= 15 is 0 Å². The van der Waals surface area contributed by atoms with E-state index in [0.29, 0.717) is 10.8 Å². The van der Waals surface area contributed by atoms with Crippen LogP contribution in [0.1, 0.15) is 19.4 Å². The summed E-state index contributed by atoms with van der Waals surface area (Å²) < 4.78 is 5.22. The third-order valence-corrected chi connectivity index (χ3v) is 2.43. The van der Waals surface area contributed by atoms with Gasteiger partial charge in [0.1, 0.15) is 5.75 Å². The van der Waals surface area contributed by atoms with E-state index in [4.69, 9.17) is 21.4 Å². The first kappa shape index (κ1) is 11.9. The maximum absolute atomic E-state index is 10.6. The summed E-state index contributed by atoms with van der Waals surface area (Å²) in [6, 6.07) is 5.15. The van der Waals surface area contributed by atoms with E-state index in [2.05, 4.69) is 0 Å². The van der Waals surface area contributed by atoms with Crippen LogP contribution in [-0.4, -0.2) is 17.2 Å². The first-order valence-corrected chi connectivity index (χ1v) is 5.10. The summed E-state index contributed by atoms with van der Waals surface area (Å²) in [5.74, 6) is -0.450. The van der Waals surface area contributed by atoms with E-state index in [1.165, 1.54) is 6.92 Å². The van der Waals surface area contributed by atoms with Gasteiger partial charge >= 0.3 is 5.97 Å². The fourth-order valence-electron chi connectivity index (χ4n) is 1.15. The van der Waals surface area contributed by atoms with Gasteiger partial charge in [-0.15, -0.1) is 0 Å². The zero-order valence-electron chi connectivity index (χ0n) is 8.66. The molecule has 0 saturated heterocycles. The quantitative estimate of drug-likeness (QED) is 0.862. The molecule has 1 rings (SSSR count). The van der Waals surface area contributed by atoms with Gasteiger partial charge in [-0.05, 0) is 37.1 Å². The number of carbonyl (C=O) groups is 1. The van der Waals surface area contributed by atoms with Crippen molar-refractivity contribution in [2.45, 2.75) is 26.4 Å². The lowest BCUT2D eigenvalue weighted by molar-refractivity contribution is -0.144. The third kappa shape index (κ3) is 3.13. The first-order valence-electron chi connectivity index (χ1n) is 4.72. The summed E-state index contributed by atoms with van der Waals surface area (Å²) in [6.07, 6.45) is -0.0619. The average molecular weight is 229 g/mol. The van der Waals surface area contributed by atoms with Crippen LogP contribution in [0.25, 0.3) is 0 Å². The minimum absolute atomic E-state index is 0.533. The summed E-state index contributed by atoms with van der Waals surface area (Å²) in [5, 5.41) is 9.35. The zero-order valence-corrected chi connectivity index (χ0v) is 9.41. The van der Waals surface area contributed by atoms with E-state index in [1.807, 2.05) is 6.92 Å². The molecule has 3 nitrogen and oxygen atoms in total. The van der Waals surface area contributed by atoms with Crippen molar-refractivity contribution in [2.75, 3.05) is 0 Å². The van der Waals surface area contributed by atoms with Crippen molar-refractivity contribution in [3.63, 3.8) is 0 Å². The number of carboxylic acids is 1. The number of hydrogen-bond donors (Lipinski definition) is 1. The predicted octanol–water partition coefficient (Wildman–Crippen LogP) is 2.75. The van der Waals surface area contributed by atoms with Crippen LogP contribution in [0.2, 0.25) is 5.02 Å². The van der Waals surface area contributed by atoms with Gasteiger partial charge in [0.2, 0.25) is 0 Å². The van der Waals surface area contributed by atoms with Crippen molar-refractivity contribution in [3.8, 4) is 5.75 Å². The smallest absolute Gasteiger partial charge is 0.344 e. The molecule has 0 aliphatic carbocycles. The maximum Gasteiger partial charge on any atom is 0.344 e. The molecule has 0 bridgehead atoms. The molecule has 0 saturated carbocycles. The van der Waals surface area contributed by atoms with E-state index in [1.54, 1.807) is 18.2 Å². The predicted molar refractivity (Wildman–Crippen MR) is 58.6 cm³/mol. The van der Waals surface area contributed by atoms with Crippen molar-refractivity contribution in [3.05, 3.63) is 28.8 Å². The molecule has 0 aliphatic heterocycles. The SMILES string of the molecule is CCc1cc(O[C@@H](C)C(=O)O)ccc1Cl. The number of carboxylic acid groups (broad SMARTS) is 1. The molecular weight excluding hydrogens is 216 g/mol. The Morgan fingerprint density at radius 1 is 1.60 bits per heavy atom. The minimum atomic E-state index is -0.983.